The number of hydrogen-bond donors (Lipinski definition) is 2. The van der Waals surface area contributed by atoms with E-state index in [4.69, 9.17) is 26.6 Å². The standard InChI is InChI=1S/C17H20ClN5O5S/c1-9-6-20-12(10(2)14(9)27-3)8-23-7-11(4-5-28-29(24,25)26)13-15(18)21-17(19)22-16(13)23/h6-7H,4-5,8H2,1-3H3,(H2,19,21,22)(H,24,25,26). The van der Waals surface area contributed by atoms with Gasteiger partial charge in [0.1, 0.15) is 16.5 Å². The smallest absolute Gasteiger partial charge is 0.397 e. The van der Waals surface area contributed by atoms with Crippen LogP contribution >= 0.6 is 11.6 Å². The molecular weight excluding hydrogens is 422 g/mol. The van der Waals surface area contributed by atoms with Gasteiger partial charge in [-0.05, 0) is 25.8 Å². The first kappa shape index (κ1) is 21.2. The van der Waals surface area contributed by atoms with E-state index < -0.39 is 10.4 Å². The molecule has 3 heterocycles. The van der Waals surface area contributed by atoms with Gasteiger partial charge in [0.05, 0.1) is 31.3 Å². The number of anilines is 1. The molecule has 0 aromatic carbocycles. The molecule has 0 saturated carbocycles. The highest BCUT2D eigenvalue weighted by Gasteiger charge is 2.18. The molecule has 0 amide bonds. The van der Waals surface area contributed by atoms with E-state index in [2.05, 4.69) is 19.1 Å². The first-order valence-corrected chi connectivity index (χ1v) is 10.3. The molecule has 0 aliphatic heterocycles. The maximum absolute atomic E-state index is 10.8. The van der Waals surface area contributed by atoms with Crippen LogP contribution in [0.15, 0.2) is 12.4 Å². The lowest BCUT2D eigenvalue weighted by Gasteiger charge is -2.13. The summed E-state index contributed by atoms with van der Waals surface area (Å²) in [6.45, 7) is 3.91. The van der Waals surface area contributed by atoms with Crippen LogP contribution in [0.4, 0.5) is 5.95 Å². The van der Waals surface area contributed by atoms with E-state index in [0.29, 0.717) is 23.1 Å². The Kier molecular flexibility index (Phi) is 5.94. The molecule has 3 aromatic rings. The van der Waals surface area contributed by atoms with Crippen molar-refractivity contribution in [2.75, 3.05) is 19.5 Å². The number of nitrogens with two attached hydrogens (primary N) is 1. The molecule has 3 rings (SSSR count). The van der Waals surface area contributed by atoms with Gasteiger partial charge in [0.25, 0.3) is 0 Å². The highest BCUT2D eigenvalue weighted by molar-refractivity contribution is 7.80. The molecule has 10 nitrogen and oxygen atoms in total. The predicted molar refractivity (Wildman–Crippen MR) is 108 cm³/mol. The van der Waals surface area contributed by atoms with Crippen LogP contribution in [0.5, 0.6) is 5.75 Å². The number of nitrogen functional groups attached to an aromatic ring is 1. The highest BCUT2D eigenvalue weighted by atomic mass is 35.5. The lowest BCUT2D eigenvalue weighted by molar-refractivity contribution is 0.272. The Morgan fingerprint density at radius 3 is 2.69 bits per heavy atom. The average Bonchev–Trinajstić information content (AvgIpc) is 2.94. The van der Waals surface area contributed by atoms with Gasteiger partial charge < -0.3 is 15.0 Å². The summed E-state index contributed by atoms with van der Waals surface area (Å²) < 4.78 is 42.0. The van der Waals surface area contributed by atoms with Gasteiger partial charge in [0, 0.05) is 23.5 Å². The van der Waals surface area contributed by atoms with E-state index in [1.807, 2.05) is 13.8 Å². The van der Waals surface area contributed by atoms with Crippen molar-refractivity contribution < 1.29 is 21.9 Å². The van der Waals surface area contributed by atoms with Crippen LogP contribution < -0.4 is 10.5 Å². The predicted octanol–water partition coefficient (Wildman–Crippen LogP) is 2.10. The number of pyridine rings is 1. The second-order valence-corrected chi connectivity index (χ2v) is 7.85. The molecule has 0 saturated heterocycles. The van der Waals surface area contributed by atoms with E-state index in [0.717, 1.165) is 22.6 Å². The van der Waals surface area contributed by atoms with Crippen LogP contribution in [0, 0.1) is 13.8 Å². The summed E-state index contributed by atoms with van der Waals surface area (Å²) in [5.74, 6) is 0.758. The number of halogens is 1. The quantitative estimate of drug-likeness (QED) is 0.416. The fourth-order valence-corrected chi connectivity index (χ4v) is 3.78. The van der Waals surface area contributed by atoms with E-state index in [9.17, 15) is 8.42 Å². The lowest BCUT2D eigenvalue weighted by Crippen LogP contribution is -2.07. The van der Waals surface area contributed by atoms with Crippen molar-refractivity contribution in [3.63, 3.8) is 0 Å². The normalized spacial score (nSPS) is 11.9. The minimum Gasteiger partial charge on any atom is -0.496 e. The van der Waals surface area contributed by atoms with Crippen molar-refractivity contribution in [1.82, 2.24) is 19.5 Å². The Labute approximate surface area is 172 Å². The molecule has 0 aliphatic rings. The Balaban J connectivity index is 2.04. The van der Waals surface area contributed by atoms with E-state index in [1.54, 1.807) is 24.1 Å². The van der Waals surface area contributed by atoms with Gasteiger partial charge in [0.15, 0.2) is 0 Å². The largest absolute Gasteiger partial charge is 0.496 e. The Morgan fingerprint density at radius 2 is 2.03 bits per heavy atom. The van der Waals surface area contributed by atoms with Crippen molar-refractivity contribution in [2.24, 2.45) is 0 Å². The third-order valence-corrected chi connectivity index (χ3v) is 5.18. The fraction of sp³-hybridized carbons (Fsp3) is 0.353. The van der Waals surface area contributed by atoms with Crippen molar-refractivity contribution in [2.45, 2.75) is 26.8 Å². The molecule has 0 aliphatic carbocycles. The van der Waals surface area contributed by atoms with Gasteiger partial charge in [-0.15, -0.1) is 0 Å². The first-order valence-electron chi connectivity index (χ1n) is 8.52. The second-order valence-electron chi connectivity index (χ2n) is 6.40. The van der Waals surface area contributed by atoms with Crippen LogP contribution in [-0.4, -0.2) is 46.2 Å². The number of fused-ring (bicyclic) bond motifs is 1. The summed E-state index contributed by atoms with van der Waals surface area (Å²) in [5, 5.41) is 0.663. The summed E-state index contributed by atoms with van der Waals surface area (Å²) in [5.41, 5.74) is 9.45. The zero-order valence-electron chi connectivity index (χ0n) is 16.0. The number of methoxy groups -OCH3 is 1. The van der Waals surface area contributed by atoms with E-state index in [1.165, 1.54) is 0 Å². The molecule has 3 aromatic heterocycles. The van der Waals surface area contributed by atoms with Crippen LogP contribution in [0.2, 0.25) is 5.15 Å². The molecule has 0 fully saturated rings. The molecule has 12 heteroatoms. The van der Waals surface area contributed by atoms with E-state index in [-0.39, 0.29) is 24.1 Å². The SMILES string of the molecule is COc1c(C)cnc(Cn2cc(CCOS(=O)(=O)O)c3c(Cl)nc(N)nc32)c1C. The number of ether oxygens (including phenoxy) is 1. The maximum Gasteiger partial charge on any atom is 0.397 e. The topological polar surface area (TPSA) is 142 Å². The van der Waals surface area contributed by atoms with Crippen molar-refractivity contribution >= 4 is 39.0 Å². The Morgan fingerprint density at radius 1 is 1.31 bits per heavy atom. The van der Waals surface area contributed by atoms with Gasteiger partial charge in [-0.2, -0.15) is 13.4 Å². The molecule has 156 valence electrons. The first-order chi connectivity index (χ1) is 13.6. The van der Waals surface area contributed by atoms with Crippen molar-refractivity contribution in [3.05, 3.63) is 39.9 Å². The van der Waals surface area contributed by atoms with Gasteiger partial charge in [-0.3, -0.25) is 9.54 Å². The summed E-state index contributed by atoms with van der Waals surface area (Å²) >= 11 is 6.26. The third kappa shape index (κ3) is 4.58. The molecule has 0 atom stereocenters. The number of nitrogens with zero attached hydrogens (tertiary/aromatic N) is 4. The number of hydrogen-bond acceptors (Lipinski definition) is 8. The highest BCUT2D eigenvalue weighted by Crippen LogP contribution is 2.30. The zero-order valence-corrected chi connectivity index (χ0v) is 17.6. The summed E-state index contributed by atoms with van der Waals surface area (Å²) in [4.78, 5) is 12.7. The van der Waals surface area contributed by atoms with Gasteiger partial charge in [0.2, 0.25) is 5.95 Å². The van der Waals surface area contributed by atoms with Gasteiger partial charge >= 0.3 is 10.4 Å². The third-order valence-electron chi connectivity index (χ3n) is 4.44. The molecule has 0 radical (unpaired) electrons. The van der Waals surface area contributed by atoms with E-state index >= 15 is 0 Å². The maximum atomic E-state index is 10.8. The number of aromatic nitrogens is 4. The van der Waals surface area contributed by atoms with Crippen LogP contribution in [-0.2, 0) is 27.5 Å². The molecule has 0 unspecified atom stereocenters. The van der Waals surface area contributed by atoms with Gasteiger partial charge in [-0.25, -0.2) is 9.17 Å². The Bertz CT molecular complexity index is 1180. The van der Waals surface area contributed by atoms with Crippen molar-refractivity contribution in [3.8, 4) is 5.75 Å². The number of aryl methyl sites for hydroxylation is 1. The summed E-state index contributed by atoms with van der Waals surface area (Å²) in [7, 11) is -2.94. The molecule has 29 heavy (non-hydrogen) atoms. The minimum absolute atomic E-state index is 0.00811. The molecular formula is C17H20ClN5O5S. The lowest BCUT2D eigenvalue weighted by atomic mass is 10.1. The molecule has 0 spiro atoms. The Hall–Kier alpha value is -2.47. The van der Waals surface area contributed by atoms with Crippen LogP contribution in [0.1, 0.15) is 22.4 Å². The monoisotopic (exact) mass is 441 g/mol. The van der Waals surface area contributed by atoms with Crippen LogP contribution in [0.25, 0.3) is 11.0 Å². The number of rotatable bonds is 7. The van der Waals surface area contributed by atoms with Crippen LogP contribution in [0.3, 0.4) is 0 Å². The zero-order chi connectivity index (χ0) is 21.3. The van der Waals surface area contributed by atoms with Crippen molar-refractivity contribution in [1.29, 1.82) is 0 Å². The molecule has 3 N–H and O–H groups in total. The fourth-order valence-electron chi connectivity index (χ4n) is 3.19. The summed E-state index contributed by atoms with van der Waals surface area (Å²) in [6, 6.07) is 0. The molecule has 0 bridgehead atoms. The average molecular weight is 442 g/mol. The second kappa shape index (κ2) is 8.11. The minimum atomic E-state index is -4.54. The van der Waals surface area contributed by atoms with Gasteiger partial charge in [-0.1, -0.05) is 11.6 Å². The summed E-state index contributed by atoms with van der Waals surface area (Å²) in [6.07, 6.45) is 3.63.